The molecule has 128 valence electrons. The van der Waals surface area contributed by atoms with Crippen molar-refractivity contribution >= 4 is 10.8 Å². The highest BCUT2D eigenvalue weighted by Crippen LogP contribution is 2.28. The molecule has 0 aliphatic carbocycles. The van der Waals surface area contributed by atoms with Crippen LogP contribution in [0.2, 0.25) is 0 Å². The fraction of sp³-hybridized carbons (Fsp3) is 0.0833. The van der Waals surface area contributed by atoms with Crippen LogP contribution in [-0.2, 0) is 6.42 Å². The van der Waals surface area contributed by atoms with Gasteiger partial charge in [0.25, 0.3) is 0 Å². The molecule has 0 fully saturated rings. The standard InChI is InChI=1S/C24H18F2/c1-2-16-3-4-21-14-20(10-9-19(21)13-16)17-5-7-18(8-6-17)22-11-12-23(25)24(26)15-22/h3-15H,2H2,1H3. The summed E-state index contributed by atoms with van der Waals surface area (Å²) in [6.45, 7) is 2.16. The number of benzene rings is 4. The molecule has 0 spiro atoms. The summed E-state index contributed by atoms with van der Waals surface area (Å²) in [5.74, 6) is -1.65. The Morgan fingerprint density at radius 2 is 1.08 bits per heavy atom. The van der Waals surface area contributed by atoms with Crippen molar-refractivity contribution in [3.8, 4) is 22.3 Å². The van der Waals surface area contributed by atoms with E-state index >= 15 is 0 Å². The zero-order valence-electron chi connectivity index (χ0n) is 14.5. The summed E-state index contributed by atoms with van der Waals surface area (Å²) in [5, 5.41) is 2.45. The van der Waals surface area contributed by atoms with Gasteiger partial charge >= 0.3 is 0 Å². The molecule has 4 aromatic rings. The van der Waals surface area contributed by atoms with Crippen LogP contribution in [0, 0.1) is 11.6 Å². The molecule has 0 atom stereocenters. The summed E-state index contributed by atoms with van der Waals surface area (Å²) in [6, 6.07) is 24.9. The Hall–Kier alpha value is -3.00. The molecule has 0 aromatic heterocycles. The van der Waals surface area contributed by atoms with Crippen LogP contribution in [0.4, 0.5) is 8.78 Å². The molecule has 0 heterocycles. The molecule has 2 heteroatoms. The van der Waals surface area contributed by atoms with E-state index < -0.39 is 11.6 Å². The summed E-state index contributed by atoms with van der Waals surface area (Å²) in [4.78, 5) is 0. The largest absolute Gasteiger partial charge is 0.204 e. The van der Waals surface area contributed by atoms with Crippen molar-refractivity contribution in [3.05, 3.63) is 96.1 Å². The molecule has 0 amide bonds. The van der Waals surface area contributed by atoms with Crippen molar-refractivity contribution < 1.29 is 8.78 Å². The Bertz CT molecular complexity index is 1080. The number of hydrogen-bond acceptors (Lipinski definition) is 0. The summed E-state index contributed by atoms with van der Waals surface area (Å²) >= 11 is 0. The first-order valence-electron chi connectivity index (χ1n) is 8.72. The Balaban J connectivity index is 1.67. The van der Waals surface area contributed by atoms with Gasteiger partial charge in [-0.1, -0.05) is 67.6 Å². The minimum absolute atomic E-state index is 0.668. The molecule has 0 aliphatic rings. The van der Waals surface area contributed by atoms with E-state index in [4.69, 9.17) is 0 Å². The van der Waals surface area contributed by atoms with Crippen LogP contribution in [0.25, 0.3) is 33.0 Å². The summed E-state index contributed by atoms with van der Waals surface area (Å²) < 4.78 is 26.5. The van der Waals surface area contributed by atoms with Gasteiger partial charge in [-0.25, -0.2) is 8.78 Å². The van der Waals surface area contributed by atoms with Crippen molar-refractivity contribution in [3.63, 3.8) is 0 Å². The van der Waals surface area contributed by atoms with Crippen molar-refractivity contribution in [1.82, 2.24) is 0 Å². The smallest absolute Gasteiger partial charge is 0.159 e. The minimum atomic E-state index is -0.826. The number of halogens is 2. The molecule has 26 heavy (non-hydrogen) atoms. The fourth-order valence-corrected chi connectivity index (χ4v) is 3.23. The SMILES string of the molecule is CCc1ccc2cc(-c3ccc(-c4ccc(F)c(F)c4)cc3)ccc2c1. The quantitative estimate of drug-likeness (QED) is 0.375. The Morgan fingerprint density at radius 3 is 1.73 bits per heavy atom. The van der Waals surface area contributed by atoms with Crippen molar-refractivity contribution in [2.24, 2.45) is 0 Å². The van der Waals surface area contributed by atoms with Gasteiger partial charge in [-0.3, -0.25) is 0 Å². The predicted molar refractivity (Wildman–Crippen MR) is 104 cm³/mol. The van der Waals surface area contributed by atoms with E-state index in [1.165, 1.54) is 22.4 Å². The zero-order valence-corrected chi connectivity index (χ0v) is 14.5. The van der Waals surface area contributed by atoms with Crippen LogP contribution in [0.1, 0.15) is 12.5 Å². The molecule has 0 nitrogen and oxygen atoms in total. The minimum Gasteiger partial charge on any atom is -0.204 e. The molecular formula is C24H18F2. The van der Waals surface area contributed by atoms with Crippen molar-refractivity contribution in [2.75, 3.05) is 0 Å². The fourth-order valence-electron chi connectivity index (χ4n) is 3.23. The Morgan fingerprint density at radius 1 is 0.538 bits per heavy atom. The van der Waals surface area contributed by atoms with Gasteiger partial charge in [-0.05, 0) is 63.2 Å². The summed E-state index contributed by atoms with van der Waals surface area (Å²) in [6.07, 6.45) is 1.03. The van der Waals surface area contributed by atoms with E-state index in [1.807, 2.05) is 24.3 Å². The van der Waals surface area contributed by atoms with Gasteiger partial charge in [0.2, 0.25) is 0 Å². The lowest BCUT2D eigenvalue weighted by atomic mass is 9.97. The molecule has 4 rings (SSSR count). The van der Waals surface area contributed by atoms with Gasteiger partial charge in [0.15, 0.2) is 11.6 Å². The highest BCUT2D eigenvalue weighted by atomic mass is 19.2. The highest BCUT2D eigenvalue weighted by Gasteiger charge is 2.06. The number of hydrogen-bond donors (Lipinski definition) is 0. The molecule has 4 aromatic carbocycles. The number of rotatable bonds is 3. The lowest BCUT2D eigenvalue weighted by Gasteiger charge is -2.08. The predicted octanol–water partition coefficient (Wildman–Crippen LogP) is 7.01. The van der Waals surface area contributed by atoms with Gasteiger partial charge in [0.05, 0.1) is 0 Å². The van der Waals surface area contributed by atoms with Gasteiger partial charge in [0.1, 0.15) is 0 Å². The van der Waals surface area contributed by atoms with Gasteiger partial charge in [-0.2, -0.15) is 0 Å². The van der Waals surface area contributed by atoms with E-state index in [0.717, 1.165) is 29.2 Å². The molecule has 0 radical (unpaired) electrons. The van der Waals surface area contributed by atoms with Crippen LogP contribution in [-0.4, -0.2) is 0 Å². The van der Waals surface area contributed by atoms with E-state index in [1.54, 1.807) is 6.07 Å². The van der Waals surface area contributed by atoms with Gasteiger partial charge in [0, 0.05) is 0 Å². The second-order valence-electron chi connectivity index (χ2n) is 6.46. The Labute approximate surface area is 151 Å². The first-order valence-corrected chi connectivity index (χ1v) is 8.72. The molecular weight excluding hydrogens is 326 g/mol. The first kappa shape index (κ1) is 16.5. The molecule has 0 unspecified atom stereocenters. The third kappa shape index (κ3) is 3.11. The van der Waals surface area contributed by atoms with Crippen LogP contribution in [0.5, 0.6) is 0 Å². The van der Waals surface area contributed by atoms with Crippen molar-refractivity contribution in [1.29, 1.82) is 0 Å². The monoisotopic (exact) mass is 344 g/mol. The van der Waals surface area contributed by atoms with Crippen LogP contribution < -0.4 is 0 Å². The highest BCUT2D eigenvalue weighted by molar-refractivity contribution is 5.88. The van der Waals surface area contributed by atoms with E-state index in [0.29, 0.717) is 5.56 Å². The van der Waals surface area contributed by atoms with E-state index in [9.17, 15) is 8.78 Å². The Kier molecular flexibility index (Phi) is 4.26. The van der Waals surface area contributed by atoms with Crippen LogP contribution >= 0.6 is 0 Å². The number of aryl methyl sites for hydroxylation is 1. The third-order valence-corrected chi connectivity index (χ3v) is 4.78. The maximum absolute atomic E-state index is 13.4. The zero-order chi connectivity index (χ0) is 18.1. The maximum atomic E-state index is 13.4. The van der Waals surface area contributed by atoms with Gasteiger partial charge < -0.3 is 0 Å². The molecule has 0 saturated carbocycles. The number of fused-ring (bicyclic) bond motifs is 1. The van der Waals surface area contributed by atoms with Crippen LogP contribution in [0.3, 0.4) is 0 Å². The van der Waals surface area contributed by atoms with Crippen molar-refractivity contribution in [2.45, 2.75) is 13.3 Å². The normalized spacial score (nSPS) is 11.0. The summed E-state index contributed by atoms with van der Waals surface area (Å²) in [5.41, 5.74) is 5.10. The third-order valence-electron chi connectivity index (χ3n) is 4.78. The molecule has 0 N–H and O–H groups in total. The van der Waals surface area contributed by atoms with Gasteiger partial charge in [-0.15, -0.1) is 0 Å². The average molecular weight is 344 g/mol. The molecule has 0 bridgehead atoms. The maximum Gasteiger partial charge on any atom is 0.159 e. The second kappa shape index (κ2) is 6.72. The molecule has 0 aliphatic heterocycles. The molecule has 0 saturated heterocycles. The first-order chi connectivity index (χ1) is 12.6. The summed E-state index contributed by atoms with van der Waals surface area (Å²) in [7, 11) is 0. The lowest BCUT2D eigenvalue weighted by Crippen LogP contribution is -1.86. The lowest BCUT2D eigenvalue weighted by molar-refractivity contribution is 0.509. The average Bonchev–Trinajstić information content (AvgIpc) is 2.69. The van der Waals surface area contributed by atoms with Crippen LogP contribution in [0.15, 0.2) is 78.9 Å². The van der Waals surface area contributed by atoms with E-state index in [-0.39, 0.29) is 0 Å². The second-order valence-corrected chi connectivity index (χ2v) is 6.46. The van der Waals surface area contributed by atoms with E-state index in [2.05, 4.69) is 43.3 Å². The topological polar surface area (TPSA) is 0 Å².